The van der Waals surface area contributed by atoms with Gasteiger partial charge in [0.1, 0.15) is 11.5 Å². The normalized spacial score (nSPS) is 16.8. The van der Waals surface area contributed by atoms with Gasteiger partial charge in [-0.05, 0) is 56.2 Å². The summed E-state index contributed by atoms with van der Waals surface area (Å²) in [5.74, 6) is -1.64. The lowest BCUT2D eigenvalue weighted by Crippen LogP contribution is -2.29. The molecule has 1 N–H and O–H groups in total. The summed E-state index contributed by atoms with van der Waals surface area (Å²) >= 11 is 0. The Hall–Kier alpha value is -4.39. The Balaban J connectivity index is 1.79. The van der Waals surface area contributed by atoms with E-state index in [0.29, 0.717) is 22.6 Å². The molecule has 190 valence electrons. The number of aryl methyl sites for hydroxylation is 1. The minimum atomic E-state index is -0.845. The van der Waals surface area contributed by atoms with Crippen LogP contribution in [0.2, 0.25) is 0 Å². The number of benzene rings is 3. The highest BCUT2D eigenvalue weighted by Crippen LogP contribution is 2.42. The van der Waals surface area contributed by atoms with Gasteiger partial charge >= 0.3 is 5.97 Å². The lowest BCUT2D eigenvalue weighted by atomic mass is 9.94. The fraction of sp³-hybridized carbons (Fsp3) is 0.233. The molecule has 1 aliphatic rings. The van der Waals surface area contributed by atoms with Gasteiger partial charge in [-0.1, -0.05) is 54.1 Å². The number of methoxy groups -OCH3 is 1. The number of aliphatic hydroxyl groups is 1. The molecule has 0 spiro atoms. The topological polar surface area (TPSA) is 93.1 Å². The highest BCUT2D eigenvalue weighted by atomic mass is 16.5. The maximum Gasteiger partial charge on any atom is 0.310 e. The molecule has 1 atom stereocenters. The summed E-state index contributed by atoms with van der Waals surface area (Å²) in [4.78, 5) is 40.1. The second-order valence-electron chi connectivity index (χ2n) is 9.20. The minimum absolute atomic E-state index is 0.00607. The summed E-state index contributed by atoms with van der Waals surface area (Å²) < 4.78 is 10.5. The van der Waals surface area contributed by atoms with Gasteiger partial charge in [0.15, 0.2) is 0 Å². The molecular weight excluding hydrogens is 470 g/mol. The van der Waals surface area contributed by atoms with Gasteiger partial charge in [0.25, 0.3) is 11.7 Å². The summed E-state index contributed by atoms with van der Waals surface area (Å²) in [6.45, 7) is 5.49. The Bertz CT molecular complexity index is 1370. The first-order chi connectivity index (χ1) is 17.7. The van der Waals surface area contributed by atoms with Crippen molar-refractivity contribution in [3.8, 4) is 5.75 Å². The van der Waals surface area contributed by atoms with E-state index in [1.807, 2.05) is 31.2 Å². The van der Waals surface area contributed by atoms with E-state index in [1.165, 1.54) is 12.0 Å². The van der Waals surface area contributed by atoms with E-state index in [4.69, 9.17) is 9.47 Å². The van der Waals surface area contributed by atoms with Crippen LogP contribution < -0.4 is 9.64 Å². The zero-order valence-electron chi connectivity index (χ0n) is 21.2. The number of Topliss-reactive ketones (excluding diaryl/α,β-unsaturated/α-hetero) is 1. The molecule has 0 bridgehead atoms. The molecule has 37 heavy (non-hydrogen) atoms. The quantitative estimate of drug-likeness (QED) is 0.210. The van der Waals surface area contributed by atoms with Crippen molar-refractivity contribution in [1.29, 1.82) is 0 Å². The van der Waals surface area contributed by atoms with Crippen molar-refractivity contribution < 1.29 is 29.0 Å². The van der Waals surface area contributed by atoms with Gasteiger partial charge in [-0.3, -0.25) is 19.3 Å². The Morgan fingerprint density at radius 2 is 1.70 bits per heavy atom. The van der Waals surface area contributed by atoms with Crippen LogP contribution in [0, 0.1) is 6.92 Å². The molecular formula is C30H29NO6. The number of nitrogens with zero attached hydrogens (tertiary/aromatic N) is 1. The van der Waals surface area contributed by atoms with Crippen LogP contribution in [-0.2, 0) is 25.5 Å². The molecule has 7 heteroatoms. The van der Waals surface area contributed by atoms with E-state index in [9.17, 15) is 19.5 Å². The molecule has 0 radical (unpaired) electrons. The second kappa shape index (κ2) is 10.7. The Morgan fingerprint density at radius 3 is 2.35 bits per heavy atom. The van der Waals surface area contributed by atoms with Crippen LogP contribution >= 0.6 is 0 Å². The zero-order chi connectivity index (χ0) is 26.7. The van der Waals surface area contributed by atoms with Crippen molar-refractivity contribution in [1.82, 2.24) is 0 Å². The van der Waals surface area contributed by atoms with Gasteiger partial charge in [-0.2, -0.15) is 0 Å². The van der Waals surface area contributed by atoms with E-state index in [-0.39, 0.29) is 29.8 Å². The van der Waals surface area contributed by atoms with E-state index >= 15 is 0 Å². The molecule has 1 amide bonds. The van der Waals surface area contributed by atoms with Crippen LogP contribution in [0.1, 0.15) is 42.1 Å². The van der Waals surface area contributed by atoms with Crippen LogP contribution in [0.5, 0.6) is 5.75 Å². The first-order valence-electron chi connectivity index (χ1n) is 12.0. The van der Waals surface area contributed by atoms with Gasteiger partial charge < -0.3 is 14.6 Å². The number of hydrogen-bond donors (Lipinski definition) is 1. The fourth-order valence-corrected chi connectivity index (χ4v) is 4.43. The third-order valence-electron chi connectivity index (χ3n) is 6.08. The molecule has 1 unspecified atom stereocenters. The predicted molar refractivity (Wildman–Crippen MR) is 140 cm³/mol. The van der Waals surface area contributed by atoms with E-state index < -0.39 is 17.7 Å². The van der Waals surface area contributed by atoms with Crippen molar-refractivity contribution in [2.24, 2.45) is 0 Å². The summed E-state index contributed by atoms with van der Waals surface area (Å²) in [7, 11) is 1.51. The number of aliphatic hydroxyl groups excluding tert-OH is 1. The highest BCUT2D eigenvalue weighted by molar-refractivity contribution is 6.51. The largest absolute Gasteiger partial charge is 0.507 e. The summed E-state index contributed by atoms with van der Waals surface area (Å²) in [5, 5.41) is 11.3. The van der Waals surface area contributed by atoms with Gasteiger partial charge in [-0.15, -0.1) is 0 Å². The van der Waals surface area contributed by atoms with Crippen LogP contribution in [0.4, 0.5) is 5.69 Å². The third-order valence-corrected chi connectivity index (χ3v) is 6.08. The molecule has 0 aliphatic carbocycles. The van der Waals surface area contributed by atoms with Crippen molar-refractivity contribution in [2.45, 2.75) is 39.3 Å². The van der Waals surface area contributed by atoms with E-state index in [2.05, 4.69) is 0 Å². The SMILES string of the molecule is COc1cccc(/C(O)=C2/C(=O)C(=O)N(c3ccc(CC(=O)OC(C)C)cc3)C2c2cccc(C)c2)c1. The lowest BCUT2D eigenvalue weighted by molar-refractivity contribution is -0.146. The number of carbonyl (C=O) groups is 3. The van der Waals surface area contributed by atoms with E-state index in [1.54, 1.807) is 62.4 Å². The first kappa shape index (κ1) is 25.7. The predicted octanol–water partition coefficient (Wildman–Crippen LogP) is 5.12. The molecule has 3 aromatic rings. The zero-order valence-corrected chi connectivity index (χ0v) is 21.2. The summed E-state index contributed by atoms with van der Waals surface area (Å²) in [6.07, 6.45) is -0.119. The highest BCUT2D eigenvalue weighted by Gasteiger charge is 2.47. The number of hydrogen-bond acceptors (Lipinski definition) is 6. The molecule has 0 aromatic heterocycles. The monoisotopic (exact) mass is 499 g/mol. The number of amides is 1. The average Bonchev–Trinajstić information content (AvgIpc) is 3.14. The Labute approximate surface area is 215 Å². The third kappa shape index (κ3) is 5.40. The van der Waals surface area contributed by atoms with Crippen molar-refractivity contribution in [2.75, 3.05) is 12.0 Å². The molecule has 3 aromatic carbocycles. The lowest BCUT2D eigenvalue weighted by Gasteiger charge is -2.26. The summed E-state index contributed by atoms with van der Waals surface area (Å²) in [6, 6.07) is 20.2. The maximum absolute atomic E-state index is 13.4. The molecule has 1 saturated heterocycles. The second-order valence-corrected chi connectivity index (χ2v) is 9.20. The van der Waals surface area contributed by atoms with Gasteiger partial charge in [0, 0.05) is 11.3 Å². The maximum atomic E-state index is 13.4. The van der Waals surface area contributed by atoms with Crippen molar-refractivity contribution >= 4 is 29.1 Å². The number of anilines is 1. The molecule has 1 aliphatic heterocycles. The van der Waals surface area contributed by atoms with Crippen LogP contribution in [-0.4, -0.2) is 36.0 Å². The van der Waals surface area contributed by atoms with E-state index in [0.717, 1.165) is 11.1 Å². The molecule has 1 heterocycles. The van der Waals surface area contributed by atoms with Crippen LogP contribution in [0.3, 0.4) is 0 Å². The Morgan fingerprint density at radius 1 is 1.00 bits per heavy atom. The fourth-order valence-electron chi connectivity index (χ4n) is 4.43. The van der Waals surface area contributed by atoms with Gasteiger partial charge in [0.2, 0.25) is 0 Å². The molecule has 0 saturated carbocycles. The van der Waals surface area contributed by atoms with Gasteiger partial charge in [-0.25, -0.2) is 0 Å². The number of rotatable bonds is 7. The minimum Gasteiger partial charge on any atom is -0.507 e. The smallest absolute Gasteiger partial charge is 0.310 e. The Kier molecular flexibility index (Phi) is 7.43. The number of carbonyl (C=O) groups excluding carboxylic acids is 3. The number of ether oxygens (including phenoxy) is 2. The number of esters is 1. The van der Waals surface area contributed by atoms with Crippen molar-refractivity contribution in [3.63, 3.8) is 0 Å². The molecule has 1 fully saturated rings. The first-order valence-corrected chi connectivity index (χ1v) is 12.0. The molecule has 7 nitrogen and oxygen atoms in total. The van der Waals surface area contributed by atoms with Gasteiger partial charge in [0.05, 0.1) is 31.2 Å². The van der Waals surface area contributed by atoms with Crippen LogP contribution in [0.25, 0.3) is 5.76 Å². The van der Waals surface area contributed by atoms with Crippen LogP contribution in [0.15, 0.2) is 78.4 Å². The van der Waals surface area contributed by atoms with Crippen molar-refractivity contribution in [3.05, 3.63) is 101 Å². The standard InChI is InChI=1S/C30H29NO6/c1-18(2)37-25(32)16-20-11-13-23(14-12-20)31-27(21-8-5-7-19(3)15-21)26(29(34)30(31)35)28(33)22-9-6-10-24(17-22)36-4/h5-15,17-18,27,33H,16H2,1-4H3/b28-26-. The number of ketones is 1. The molecule has 4 rings (SSSR count). The average molecular weight is 500 g/mol. The summed E-state index contributed by atoms with van der Waals surface area (Å²) in [5.41, 5.74) is 3.19.